The van der Waals surface area contributed by atoms with Crippen LogP contribution >= 0.6 is 24.0 Å². The number of nitrogens with one attached hydrogen (secondary N) is 1. The van der Waals surface area contributed by atoms with E-state index >= 15 is 0 Å². The highest BCUT2D eigenvalue weighted by Gasteiger charge is 2.25. The smallest absolute Gasteiger partial charge is 0.220 e. The highest BCUT2D eigenvalue weighted by Crippen LogP contribution is 2.25. The van der Waals surface area contributed by atoms with Crippen LogP contribution in [0.3, 0.4) is 0 Å². The molecule has 0 radical (unpaired) electrons. The Morgan fingerprint density at radius 2 is 1.97 bits per heavy atom. The van der Waals surface area contributed by atoms with E-state index in [1.807, 2.05) is 7.05 Å². The summed E-state index contributed by atoms with van der Waals surface area (Å²) in [6, 6.07) is 8.45. The second-order valence-electron chi connectivity index (χ2n) is 8.36. The molecule has 2 fully saturated rings. The molecule has 0 aromatic heterocycles. The number of nitrogens with zero attached hydrogens (tertiary/aromatic N) is 3. The lowest BCUT2D eigenvalue weighted by Gasteiger charge is -2.35. The summed E-state index contributed by atoms with van der Waals surface area (Å²) in [6.45, 7) is 8.49. The largest absolute Gasteiger partial charge is 0.370 e. The van der Waals surface area contributed by atoms with Gasteiger partial charge in [0.2, 0.25) is 5.91 Å². The zero-order valence-corrected chi connectivity index (χ0v) is 21.2. The lowest BCUT2D eigenvalue weighted by molar-refractivity contribution is -0.123. The minimum atomic E-state index is -0.141. The van der Waals surface area contributed by atoms with Crippen LogP contribution in [0.25, 0.3) is 0 Å². The fourth-order valence-electron chi connectivity index (χ4n) is 4.41. The molecule has 0 aliphatic carbocycles. The van der Waals surface area contributed by atoms with E-state index in [9.17, 15) is 4.79 Å². The number of hydrogen-bond donors (Lipinski definition) is 2. The van der Waals surface area contributed by atoms with Gasteiger partial charge in [-0.1, -0.05) is 24.3 Å². The Labute approximate surface area is 203 Å². The zero-order chi connectivity index (χ0) is 21.3. The maximum absolute atomic E-state index is 11.3. The third kappa shape index (κ3) is 7.61. The number of piperidine rings is 1. The fourth-order valence-corrected chi connectivity index (χ4v) is 4.41. The summed E-state index contributed by atoms with van der Waals surface area (Å²) in [4.78, 5) is 20.5. The minimum absolute atomic E-state index is 0. The molecule has 1 aromatic carbocycles. The monoisotopic (exact) mass is 543 g/mol. The number of guanidine groups is 1. The van der Waals surface area contributed by atoms with E-state index in [4.69, 9.17) is 10.5 Å². The maximum atomic E-state index is 11.3. The van der Waals surface area contributed by atoms with Crippen molar-refractivity contribution in [3.63, 3.8) is 0 Å². The van der Waals surface area contributed by atoms with E-state index in [0.717, 1.165) is 70.9 Å². The van der Waals surface area contributed by atoms with Crippen molar-refractivity contribution in [3.8, 4) is 0 Å². The molecule has 0 bridgehead atoms. The Morgan fingerprint density at radius 1 is 1.23 bits per heavy atom. The highest BCUT2D eigenvalue weighted by atomic mass is 127. The molecule has 1 amide bonds. The Bertz CT molecular complexity index is 722. The van der Waals surface area contributed by atoms with Crippen molar-refractivity contribution in [2.45, 2.75) is 38.7 Å². The minimum Gasteiger partial charge on any atom is -0.370 e. The Hall–Kier alpha value is -1.39. The zero-order valence-electron chi connectivity index (χ0n) is 18.9. The predicted octanol–water partition coefficient (Wildman–Crippen LogP) is 2.54. The number of benzene rings is 1. The number of rotatable bonds is 7. The number of amides is 1. The lowest BCUT2D eigenvalue weighted by Crippen LogP contribution is -2.48. The first-order chi connectivity index (χ1) is 14.6. The Morgan fingerprint density at radius 3 is 2.65 bits per heavy atom. The molecule has 1 unspecified atom stereocenters. The third-order valence-electron chi connectivity index (χ3n) is 6.29. The SMILES string of the molecule is CN=C(NCCCCN1CCC(C(N)=O)CC1)N1CCOC(c2ccccc2C)C1.I. The van der Waals surface area contributed by atoms with Crippen LogP contribution in [-0.2, 0) is 9.53 Å². The number of likely N-dealkylation sites (tertiary alicyclic amines) is 1. The number of carbonyl (C=O) groups excluding carboxylic acids is 1. The topological polar surface area (TPSA) is 83.2 Å². The fraction of sp³-hybridized carbons (Fsp3) is 0.652. The van der Waals surface area contributed by atoms with Crippen molar-refractivity contribution < 1.29 is 9.53 Å². The predicted molar refractivity (Wildman–Crippen MR) is 136 cm³/mol. The van der Waals surface area contributed by atoms with Gasteiger partial charge >= 0.3 is 0 Å². The molecule has 2 heterocycles. The van der Waals surface area contributed by atoms with Gasteiger partial charge in [0.25, 0.3) is 0 Å². The van der Waals surface area contributed by atoms with E-state index in [1.165, 1.54) is 11.1 Å². The van der Waals surface area contributed by atoms with Gasteiger partial charge in [-0.25, -0.2) is 0 Å². The van der Waals surface area contributed by atoms with E-state index < -0.39 is 0 Å². The number of aliphatic imine (C=N–C) groups is 1. The van der Waals surface area contributed by atoms with Crippen molar-refractivity contribution in [1.29, 1.82) is 0 Å². The summed E-state index contributed by atoms with van der Waals surface area (Å²) in [5, 5.41) is 3.53. The summed E-state index contributed by atoms with van der Waals surface area (Å²) in [5.41, 5.74) is 7.95. The van der Waals surface area contributed by atoms with Gasteiger partial charge in [0.15, 0.2) is 5.96 Å². The van der Waals surface area contributed by atoms with Gasteiger partial charge in [-0.2, -0.15) is 0 Å². The summed E-state index contributed by atoms with van der Waals surface area (Å²) in [5.74, 6) is 0.889. The van der Waals surface area contributed by atoms with Gasteiger partial charge in [0, 0.05) is 26.1 Å². The Kier molecular flexibility index (Phi) is 11.0. The van der Waals surface area contributed by atoms with Crippen LogP contribution < -0.4 is 11.1 Å². The molecule has 1 atom stereocenters. The average Bonchev–Trinajstić information content (AvgIpc) is 2.77. The molecule has 174 valence electrons. The quantitative estimate of drug-likeness (QED) is 0.239. The molecule has 1 aromatic rings. The normalized spacial score (nSPS) is 20.9. The second-order valence-corrected chi connectivity index (χ2v) is 8.36. The van der Waals surface area contributed by atoms with Crippen LogP contribution in [0.1, 0.15) is 42.9 Å². The van der Waals surface area contributed by atoms with Crippen molar-refractivity contribution in [3.05, 3.63) is 35.4 Å². The van der Waals surface area contributed by atoms with Gasteiger partial charge in [-0.05, 0) is 63.4 Å². The van der Waals surface area contributed by atoms with E-state index in [0.29, 0.717) is 6.61 Å². The van der Waals surface area contributed by atoms with Crippen LogP contribution in [0.4, 0.5) is 0 Å². The molecule has 0 spiro atoms. The summed E-state index contributed by atoms with van der Waals surface area (Å²) in [7, 11) is 1.85. The number of carbonyl (C=O) groups is 1. The van der Waals surface area contributed by atoms with Crippen LogP contribution in [0, 0.1) is 12.8 Å². The van der Waals surface area contributed by atoms with Crippen LogP contribution in [-0.4, -0.2) is 74.6 Å². The first kappa shape index (κ1) is 25.9. The third-order valence-corrected chi connectivity index (χ3v) is 6.29. The van der Waals surface area contributed by atoms with Crippen LogP contribution in [0.2, 0.25) is 0 Å². The molecule has 0 saturated carbocycles. The van der Waals surface area contributed by atoms with Crippen molar-refractivity contribution in [2.24, 2.45) is 16.6 Å². The number of morpholine rings is 1. The standard InChI is InChI=1S/C23H37N5O2.HI/c1-18-7-3-4-8-20(18)21-17-28(15-16-30-21)23(25-2)26-11-5-6-12-27-13-9-19(10-14-27)22(24)29;/h3-4,7-8,19,21H,5-6,9-17H2,1-2H3,(H2,24,29)(H,25,26);1H. The number of hydrogen-bond acceptors (Lipinski definition) is 4. The van der Waals surface area contributed by atoms with Crippen molar-refractivity contribution >= 4 is 35.8 Å². The molecule has 3 rings (SSSR count). The summed E-state index contributed by atoms with van der Waals surface area (Å²) < 4.78 is 6.04. The van der Waals surface area contributed by atoms with Crippen molar-refractivity contribution in [1.82, 2.24) is 15.1 Å². The lowest BCUT2D eigenvalue weighted by atomic mass is 9.96. The van der Waals surface area contributed by atoms with Gasteiger partial charge in [0.05, 0.1) is 13.2 Å². The van der Waals surface area contributed by atoms with Crippen molar-refractivity contribution in [2.75, 3.05) is 52.9 Å². The summed E-state index contributed by atoms with van der Waals surface area (Å²) in [6.07, 6.45) is 4.13. The number of ether oxygens (including phenoxy) is 1. The molecule has 31 heavy (non-hydrogen) atoms. The summed E-state index contributed by atoms with van der Waals surface area (Å²) >= 11 is 0. The average molecular weight is 543 g/mol. The van der Waals surface area contributed by atoms with E-state index in [1.54, 1.807) is 0 Å². The number of halogens is 1. The van der Waals surface area contributed by atoms with E-state index in [2.05, 4.69) is 51.3 Å². The molecule has 7 nitrogen and oxygen atoms in total. The van der Waals surface area contributed by atoms with Crippen LogP contribution in [0.5, 0.6) is 0 Å². The molecular weight excluding hydrogens is 505 g/mol. The molecule has 2 aliphatic rings. The maximum Gasteiger partial charge on any atom is 0.220 e. The molecule has 2 aliphatic heterocycles. The number of nitrogens with two attached hydrogens (primary N) is 1. The van der Waals surface area contributed by atoms with Gasteiger partial charge in [0.1, 0.15) is 6.10 Å². The first-order valence-electron chi connectivity index (χ1n) is 11.2. The second kappa shape index (κ2) is 13.2. The molecule has 2 saturated heterocycles. The van der Waals surface area contributed by atoms with Gasteiger partial charge in [-0.3, -0.25) is 9.79 Å². The molecule has 8 heteroatoms. The number of aryl methyl sites for hydroxylation is 1. The molecular formula is C23H38IN5O2. The number of primary amides is 1. The number of unbranched alkanes of at least 4 members (excludes halogenated alkanes) is 1. The first-order valence-corrected chi connectivity index (χ1v) is 11.2. The van der Waals surface area contributed by atoms with E-state index in [-0.39, 0.29) is 41.9 Å². The van der Waals surface area contributed by atoms with Gasteiger partial charge in [-0.15, -0.1) is 24.0 Å². The Balaban J connectivity index is 0.00000341. The van der Waals surface area contributed by atoms with Gasteiger partial charge < -0.3 is 25.6 Å². The highest BCUT2D eigenvalue weighted by molar-refractivity contribution is 14.0. The molecule has 3 N–H and O–H groups in total. The van der Waals surface area contributed by atoms with Crippen LogP contribution in [0.15, 0.2) is 29.3 Å².